The molecule has 4 rings (SSSR count). The number of benzene rings is 1. The molecular formula is C24H32N6O4. The van der Waals surface area contributed by atoms with Crippen LogP contribution in [-0.2, 0) is 19.6 Å². The van der Waals surface area contributed by atoms with Crippen molar-refractivity contribution < 1.29 is 9.90 Å². The summed E-state index contributed by atoms with van der Waals surface area (Å²) in [6, 6.07) is 7.23. The number of aryl methyl sites for hydroxylation is 2. The average molecular weight is 469 g/mol. The number of fused-ring (bicyclic) bond motifs is 1. The number of aliphatic hydroxyl groups excluding tert-OH is 1. The Hall–Kier alpha value is -3.40. The molecule has 0 aliphatic carbocycles. The first-order chi connectivity index (χ1) is 16.4. The lowest BCUT2D eigenvalue weighted by molar-refractivity contribution is 0.0474. The zero-order valence-corrected chi connectivity index (χ0v) is 19.7. The third-order valence-electron chi connectivity index (χ3n) is 6.26. The Morgan fingerprint density at radius 3 is 2.82 bits per heavy atom. The number of imidazole rings is 1. The van der Waals surface area contributed by atoms with Crippen molar-refractivity contribution in [2.24, 2.45) is 0 Å². The summed E-state index contributed by atoms with van der Waals surface area (Å²) in [7, 11) is 0. The molecule has 3 aromatic rings. The van der Waals surface area contributed by atoms with Gasteiger partial charge in [-0.15, -0.1) is 0 Å². The van der Waals surface area contributed by atoms with Crippen molar-refractivity contribution in [3.8, 4) is 0 Å². The quantitative estimate of drug-likeness (QED) is 0.464. The standard InChI is InChI=1S/C24H32N6O4/c1-3-5-12-30-21-20(22(32)27-24(30)34)29(4-2)19(26-21)14-25-17-9-6-8-16(13-17)23(33)28-11-7-10-18(31)15-28/h6,8-9,13,18,25,31H,3-5,7,10-12,14-15H2,1-2H3,(H,27,32,34)/t18-/m0/s1. The molecule has 0 unspecified atom stereocenters. The number of likely N-dealkylation sites (tertiary alicyclic amines) is 1. The Bertz CT molecular complexity index is 1290. The fraction of sp³-hybridized carbons (Fsp3) is 0.500. The monoisotopic (exact) mass is 468 g/mol. The number of rotatable bonds is 8. The molecule has 1 aliphatic rings. The van der Waals surface area contributed by atoms with Gasteiger partial charge in [0.1, 0.15) is 5.82 Å². The molecule has 0 saturated carbocycles. The third-order valence-corrected chi connectivity index (χ3v) is 6.26. The van der Waals surface area contributed by atoms with Crippen LogP contribution in [0.3, 0.4) is 0 Å². The highest BCUT2D eigenvalue weighted by Gasteiger charge is 2.23. The fourth-order valence-electron chi connectivity index (χ4n) is 4.48. The van der Waals surface area contributed by atoms with Crippen LogP contribution >= 0.6 is 0 Å². The Kier molecular flexibility index (Phi) is 7.16. The molecule has 1 saturated heterocycles. The first-order valence-electron chi connectivity index (χ1n) is 12.0. The van der Waals surface area contributed by atoms with Gasteiger partial charge in [-0.2, -0.15) is 0 Å². The zero-order chi connectivity index (χ0) is 24.2. The van der Waals surface area contributed by atoms with Gasteiger partial charge in [0, 0.05) is 37.4 Å². The van der Waals surface area contributed by atoms with Crippen molar-refractivity contribution in [1.29, 1.82) is 0 Å². The second kappa shape index (κ2) is 10.3. The summed E-state index contributed by atoms with van der Waals surface area (Å²) in [5.41, 5.74) is 1.20. The van der Waals surface area contributed by atoms with Crippen LogP contribution in [0.1, 0.15) is 55.7 Å². The summed E-state index contributed by atoms with van der Waals surface area (Å²) in [5.74, 6) is 0.532. The van der Waals surface area contributed by atoms with Gasteiger partial charge in [-0.3, -0.25) is 19.1 Å². The Balaban J connectivity index is 1.58. The van der Waals surface area contributed by atoms with Gasteiger partial charge in [0.25, 0.3) is 11.5 Å². The van der Waals surface area contributed by atoms with Gasteiger partial charge < -0.3 is 19.9 Å². The van der Waals surface area contributed by atoms with Crippen LogP contribution in [0.25, 0.3) is 11.2 Å². The Morgan fingerprint density at radius 2 is 2.09 bits per heavy atom. The minimum Gasteiger partial charge on any atom is -0.391 e. The summed E-state index contributed by atoms with van der Waals surface area (Å²) in [6.07, 6.45) is 2.77. The molecule has 10 nitrogen and oxygen atoms in total. The first-order valence-corrected chi connectivity index (χ1v) is 12.0. The van der Waals surface area contributed by atoms with Crippen molar-refractivity contribution in [2.75, 3.05) is 18.4 Å². The van der Waals surface area contributed by atoms with Crippen LogP contribution in [0.4, 0.5) is 5.69 Å². The molecular weight excluding hydrogens is 436 g/mol. The van der Waals surface area contributed by atoms with Gasteiger partial charge in [-0.05, 0) is 44.4 Å². The second-order valence-corrected chi connectivity index (χ2v) is 8.69. The highest BCUT2D eigenvalue weighted by atomic mass is 16.3. The van der Waals surface area contributed by atoms with Crippen molar-refractivity contribution in [1.82, 2.24) is 24.0 Å². The number of anilines is 1. The lowest BCUT2D eigenvalue weighted by Crippen LogP contribution is -2.42. The van der Waals surface area contributed by atoms with Gasteiger partial charge >= 0.3 is 5.69 Å². The van der Waals surface area contributed by atoms with E-state index in [0.717, 1.165) is 31.4 Å². The maximum atomic E-state index is 12.9. The number of unbranched alkanes of at least 4 members (excludes halogenated alkanes) is 1. The minimum atomic E-state index is -0.473. The van der Waals surface area contributed by atoms with Crippen LogP contribution in [-0.4, -0.2) is 54.2 Å². The highest BCUT2D eigenvalue weighted by Crippen LogP contribution is 2.18. The molecule has 3 N–H and O–H groups in total. The predicted octanol–water partition coefficient (Wildman–Crippen LogP) is 1.92. The zero-order valence-electron chi connectivity index (χ0n) is 19.7. The van der Waals surface area contributed by atoms with Gasteiger partial charge in [0.15, 0.2) is 11.2 Å². The second-order valence-electron chi connectivity index (χ2n) is 8.69. The number of nitrogens with zero attached hydrogens (tertiary/aromatic N) is 4. The molecule has 0 bridgehead atoms. The summed E-state index contributed by atoms with van der Waals surface area (Å²) < 4.78 is 3.34. The van der Waals surface area contributed by atoms with Gasteiger partial charge in [0.2, 0.25) is 0 Å². The topological polar surface area (TPSA) is 125 Å². The van der Waals surface area contributed by atoms with E-state index < -0.39 is 17.4 Å². The Morgan fingerprint density at radius 1 is 1.26 bits per heavy atom. The van der Waals surface area contributed by atoms with Gasteiger partial charge in [0.05, 0.1) is 12.6 Å². The van der Waals surface area contributed by atoms with E-state index in [-0.39, 0.29) is 5.91 Å². The summed E-state index contributed by atoms with van der Waals surface area (Å²) in [5, 5.41) is 13.2. The largest absolute Gasteiger partial charge is 0.391 e. The molecule has 3 heterocycles. The number of β-amino-alcohol motifs (C(OH)–C–C–N with tert-alkyl or cyclic N) is 1. The van der Waals surface area contributed by atoms with Crippen LogP contribution in [0.5, 0.6) is 0 Å². The normalized spacial score (nSPS) is 16.2. The van der Waals surface area contributed by atoms with E-state index in [1.165, 1.54) is 4.57 Å². The van der Waals surface area contributed by atoms with E-state index in [0.29, 0.717) is 55.3 Å². The molecule has 10 heteroatoms. The molecule has 0 spiro atoms. The van der Waals surface area contributed by atoms with Crippen LogP contribution in [0, 0.1) is 0 Å². The Labute approximate surface area is 197 Å². The van der Waals surface area contributed by atoms with Crippen LogP contribution < -0.4 is 16.6 Å². The maximum Gasteiger partial charge on any atom is 0.330 e. The third kappa shape index (κ3) is 4.77. The number of aliphatic hydroxyl groups is 1. The lowest BCUT2D eigenvalue weighted by atomic mass is 10.1. The van der Waals surface area contributed by atoms with Crippen molar-refractivity contribution >= 4 is 22.8 Å². The minimum absolute atomic E-state index is 0.102. The molecule has 2 aromatic heterocycles. The van der Waals surface area contributed by atoms with E-state index in [1.807, 2.05) is 30.5 Å². The average Bonchev–Trinajstić information content (AvgIpc) is 3.21. The van der Waals surface area contributed by atoms with E-state index in [2.05, 4.69) is 15.3 Å². The van der Waals surface area contributed by atoms with E-state index in [9.17, 15) is 19.5 Å². The van der Waals surface area contributed by atoms with E-state index in [4.69, 9.17) is 0 Å². The first kappa shape index (κ1) is 23.7. The van der Waals surface area contributed by atoms with Crippen molar-refractivity contribution in [2.45, 2.75) is 65.3 Å². The summed E-state index contributed by atoms with van der Waals surface area (Å²) >= 11 is 0. The number of aromatic nitrogens is 4. The SMILES string of the molecule is CCCCn1c(=O)[nH]c(=O)c2c1nc(CNc1cccc(C(=O)N3CCC[C@H](O)C3)c1)n2CC. The van der Waals surface area contributed by atoms with Gasteiger partial charge in [-0.1, -0.05) is 19.4 Å². The molecule has 1 atom stereocenters. The molecule has 1 fully saturated rings. The summed E-state index contributed by atoms with van der Waals surface area (Å²) in [4.78, 5) is 46.6. The smallest absolute Gasteiger partial charge is 0.330 e. The van der Waals surface area contributed by atoms with Crippen molar-refractivity contribution in [3.05, 3.63) is 56.5 Å². The highest BCUT2D eigenvalue weighted by molar-refractivity contribution is 5.95. The van der Waals surface area contributed by atoms with Crippen LogP contribution in [0.2, 0.25) is 0 Å². The number of hydrogen-bond donors (Lipinski definition) is 3. The number of hydrogen-bond acceptors (Lipinski definition) is 6. The van der Waals surface area contributed by atoms with E-state index in [1.54, 1.807) is 17.0 Å². The molecule has 1 aromatic carbocycles. The fourth-order valence-corrected chi connectivity index (χ4v) is 4.48. The number of nitrogens with one attached hydrogen (secondary N) is 2. The molecule has 1 amide bonds. The maximum absolute atomic E-state index is 12.9. The number of H-pyrrole nitrogens is 1. The number of carbonyl (C=O) groups is 1. The van der Waals surface area contributed by atoms with Gasteiger partial charge in [-0.25, -0.2) is 9.78 Å². The molecule has 0 radical (unpaired) electrons. The molecule has 1 aliphatic heterocycles. The number of piperidine rings is 1. The predicted molar refractivity (Wildman–Crippen MR) is 130 cm³/mol. The lowest BCUT2D eigenvalue weighted by Gasteiger charge is -2.30. The summed E-state index contributed by atoms with van der Waals surface area (Å²) in [6.45, 7) is 6.31. The number of aromatic amines is 1. The van der Waals surface area contributed by atoms with Crippen molar-refractivity contribution in [3.63, 3.8) is 0 Å². The molecule has 34 heavy (non-hydrogen) atoms. The van der Waals surface area contributed by atoms with E-state index >= 15 is 0 Å². The number of carbonyl (C=O) groups excluding carboxylic acids is 1. The number of amides is 1. The molecule has 182 valence electrons. The van der Waals surface area contributed by atoms with Crippen LogP contribution in [0.15, 0.2) is 33.9 Å².